The van der Waals surface area contributed by atoms with E-state index in [-0.39, 0.29) is 0 Å². The van der Waals surface area contributed by atoms with Crippen LogP contribution >= 0.6 is 15.9 Å². The standard InChI is InChI=1S/C15H22BrN3O/c1-2-7-17-15-12(16)13(10-3-4-10)18-14(19-15)11-5-8-20-9-6-11/h10-11H,2-9H2,1H3,(H,17,18,19). The molecule has 0 aromatic carbocycles. The van der Waals surface area contributed by atoms with Gasteiger partial charge in [0.05, 0.1) is 10.2 Å². The van der Waals surface area contributed by atoms with Crippen LogP contribution in [0.2, 0.25) is 0 Å². The van der Waals surface area contributed by atoms with Crippen LogP contribution in [0.15, 0.2) is 4.47 Å². The zero-order chi connectivity index (χ0) is 13.9. The number of ether oxygens (including phenoxy) is 1. The first-order valence-corrected chi connectivity index (χ1v) is 8.47. The maximum Gasteiger partial charge on any atom is 0.144 e. The van der Waals surface area contributed by atoms with E-state index in [1.165, 1.54) is 18.5 Å². The zero-order valence-electron chi connectivity index (χ0n) is 12.0. The summed E-state index contributed by atoms with van der Waals surface area (Å²) in [7, 11) is 0. The second-order valence-corrected chi connectivity index (χ2v) is 6.51. The number of nitrogens with zero attached hydrogens (tertiary/aromatic N) is 2. The topological polar surface area (TPSA) is 47.0 Å². The molecule has 3 rings (SSSR count). The molecule has 1 saturated heterocycles. The number of anilines is 1. The fraction of sp³-hybridized carbons (Fsp3) is 0.733. The molecule has 20 heavy (non-hydrogen) atoms. The molecule has 0 unspecified atom stereocenters. The van der Waals surface area contributed by atoms with Crippen molar-refractivity contribution in [3.63, 3.8) is 0 Å². The highest BCUT2D eigenvalue weighted by atomic mass is 79.9. The Morgan fingerprint density at radius 2 is 1.90 bits per heavy atom. The number of rotatable bonds is 5. The van der Waals surface area contributed by atoms with Gasteiger partial charge in [-0.05, 0) is 48.0 Å². The van der Waals surface area contributed by atoms with Gasteiger partial charge in [-0.1, -0.05) is 6.92 Å². The van der Waals surface area contributed by atoms with Crippen molar-refractivity contribution in [2.45, 2.75) is 50.9 Å². The Labute approximate surface area is 128 Å². The first-order chi connectivity index (χ1) is 9.79. The highest BCUT2D eigenvalue weighted by Crippen LogP contribution is 2.44. The lowest BCUT2D eigenvalue weighted by atomic mass is 9.99. The predicted octanol–water partition coefficient (Wildman–Crippen LogP) is 3.83. The van der Waals surface area contributed by atoms with Crippen LogP contribution < -0.4 is 5.32 Å². The van der Waals surface area contributed by atoms with E-state index in [9.17, 15) is 0 Å². The molecule has 1 N–H and O–H groups in total. The second kappa shape index (κ2) is 6.39. The Morgan fingerprint density at radius 3 is 2.55 bits per heavy atom. The molecular weight excluding hydrogens is 318 g/mol. The number of nitrogens with one attached hydrogen (secondary N) is 1. The average molecular weight is 340 g/mol. The van der Waals surface area contributed by atoms with E-state index in [0.717, 1.165) is 55.1 Å². The van der Waals surface area contributed by atoms with Gasteiger partial charge in [0.1, 0.15) is 11.6 Å². The molecular formula is C15H22BrN3O. The first kappa shape index (κ1) is 14.3. The van der Waals surface area contributed by atoms with Gasteiger partial charge in [0.2, 0.25) is 0 Å². The molecule has 0 atom stereocenters. The van der Waals surface area contributed by atoms with Gasteiger partial charge in [0.25, 0.3) is 0 Å². The van der Waals surface area contributed by atoms with Crippen LogP contribution in [0.25, 0.3) is 0 Å². The molecule has 1 aromatic heterocycles. The molecule has 1 saturated carbocycles. The van der Waals surface area contributed by atoms with Crippen LogP contribution in [0.5, 0.6) is 0 Å². The van der Waals surface area contributed by atoms with Gasteiger partial charge in [-0.25, -0.2) is 9.97 Å². The van der Waals surface area contributed by atoms with Crippen LogP contribution in [0.1, 0.15) is 62.4 Å². The summed E-state index contributed by atoms with van der Waals surface area (Å²) in [6.45, 7) is 4.79. The van der Waals surface area contributed by atoms with Crippen LogP contribution in [0.4, 0.5) is 5.82 Å². The number of halogens is 1. The largest absolute Gasteiger partial charge is 0.381 e. The van der Waals surface area contributed by atoms with E-state index in [1.807, 2.05) is 0 Å². The maximum atomic E-state index is 5.45. The van der Waals surface area contributed by atoms with Crippen LogP contribution in [0.3, 0.4) is 0 Å². The van der Waals surface area contributed by atoms with Gasteiger partial charge in [-0.3, -0.25) is 0 Å². The van der Waals surface area contributed by atoms with Crippen LogP contribution in [0, 0.1) is 0 Å². The molecule has 4 nitrogen and oxygen atoms in total. The van der Waals surface area contributed by atoms with Crippen molar-refractivity contribution in [1.29, 1.82) is 0 Å². The predicted molar refractivity (Wildman–Crippen MR) is 83.3 cm³/mol. The van der Waals surface area contributed by atoms with E-state index in [2.05, 4.69) is 28.2 Å². The molecule has 110 valence electrons. The fourth-order valence-corrected chi connectivity index (χ4v) is 3.25. The van der Waals surface area contributed by atoms with Gasteiger partial charge in [-0.2, -0.15) is 0 Å². The lowest BCUT2D eigenvalue weighted by Crippen LogP contribution is -2.18. The quantitative estimate of drug-likeness (QED) is 0.885. The number of hydrogen-bond donors (Lipinski definition) is 1. The Hall–Kier alpha value is -0.680. The zero-order valence-corrected chi connectivity index (χ0v) is 13.6. The highest BCUT2D eigenvalue weighted by Gasteiger charge is 2.31. The minimum atomic E-state index is 0.455. The molecule has 0 radical (unpaired) electrons. The molecule has 1 aliphatic carbocycles. The van der Waals surface area contributed by atoms with E-state index in [1.54, 1.807) is 0 Å². The Morgan fingerprint density at radius 1 is 1.15 bits per heavy atom. The second-order valence-electron chi connectivity index (χ2n) is 5.72. The monoisotopic (exact) mass is 339 g/mol. The molecule has 1 aromatic rings. The van der Waals surface area contributed by atoms with E-state index in [4.69, 9.17) is 14.7 Å². The van der Waals surface area contributed by atoms with Crippen molar-refractivity contribution in [1.82, 2.24) is 9.97 Å². The summed E-state index contributed by atoms with van der Waals surface area (Å²) in [4.78, 5) is 9.65. The Balaban J connectivity index is 1.89. The SMILES string of the molecule is CCCNc1nc(C2CCOCC2)nc(C2CC2)c1Br. The summed E-state index contributed by atoms with van der Waals surface area (Å²) in [5, 5.41) is 3.44. The van der Waals surface area contributed by atoms with Crippen LogP contribution in [-0.4, -0.2) is 29.7 Å². The molecule has 0 bridgehead atoms. The third-order valence-electron chi connectivity index (χ3n) is 3.99. The molecule has 2 aliphatic rings. The van der Waals surface area contributed by atoms with Crippen molar-refractivity contribution in [2.24, 2.45) is 0 Å². The normalized spacial score (nSPS) is 20.1. The average Bonchev–Trinajstić information content (AvgIpc) is 3.32. The summed E-state index contributed by atoms with van der Waals surface area (Å²) < 4.78 is 6.52. The highest BCUT2D eigenvalue weighted by molar-refractivity contribution is 9.10. The van der Waals surface area contributed by atoms with Crippen molar-refractivity contribution >= 4 is 21.7 Å². The maximum absolute atomic E-state index is 5.45. The molecule has 5 heteroatoms. The van der Waals surface area contributed by atoms with Crippen LogP contribution in [-0.2, 0) is 4.74 Å². The van der Waals surface area contributed by atoms with Crippen molar-refractivity contribution in [3.8, 4) is 0 Å². The van der Waals surface area contributed by atoms with Gasteiger partial charge < -0.3 is 10.1 Å². The summed E-state index contributed by atoms with van der Waals surface area (Å²) >= 11 is 3.70. The van der Waals surface area contributed by atoms with Gasteiger partial charge in [0.15, 0.2) is 0 Å². The summed E-state index contributed by atoms with van der Waals surface area (Å²) in [5.41, 5.74) is 1.21. The third-order valence-corrected chi connectivity index (χ3v) is 4.77. The van der Waals surface area contributed by atoms with Crippen molar-refractivity contribution < 1.29 is 4.74 Å². The van der Waals surface area contributed by atoms with Gasteiger partial charge in [-0.15, -0.1) is 0 Å². The van der Waals surface area contributed by atoms with E-state index >= 15 is 0 Å². The first-order valence-electron chi connectivity index (χ1n) is 7.68. The Kier molecular flexibility index (Phi) is 4.56. The smallest absolute Gasteiger partial charge is 0.144 e. The molecule has 2 fully saturated rings. The molecule has 1 aliphatic heterocycles. The lowest BCUT2D eigenvalue weighted by Gasteiger charge is -2.22. The summed E-state index contributed by atoms with van der Waals surface area (Å²) in [6, 6.07) is 0. The van der Waals surface area contributed by atoms with Crippen molar-refractivity contribution in [2.75, 3.05) is 25.1 Å². The number of aromatic nitrogens is 2. The molecule has 0 spiro atoms. The molecule has 0 amide bonds. The van der Waals surface area contributed by atoms with Crippen molar-refractivity contribution in [3.05, 3.63) is 16.0 Å². The van der Waals surface area contributed by atoms with Gasteiger partial charge in [0, 0.05) is 31.6 Å². The minimum absolute atomic E-state index is 0.455. The molecule has 2 heterocycles. The van der Waals surface area contributed by atoms with Gasteiger partial charge >= 0.3 is 0 Å². The minimum Gasteiger partial charge on any atom is -0.381 e. The third kappa shape index (κ3) is 3.14. The fourth-order valence-electron chi connectivity index (χ4n) is 2.61. The Bertz CT molecular complexity index is 470. The number of hydrogen-bond acceptors (Lipinski definition) is 4. The summed E-state index contributed by atoms with van der Waals surface area (Å²) in [6.07, 6.45) is 5.70. The lowest BCUT2D eigenvalue weighted by molar-refractivity contribution is 0.0835. The van der Waals surface area contributed by atoms with E-state index in [0.29, 0.717) is 11.8 Å². The summed E-state index contributed by atoms with van der Waals surface area (Å²) in [5.74, 6) is 3.08. The van der Waals surface area contributed by atoms with E-state index < -0.39 is 0 Å².